The van der Waals surface area contributed by atoms with Gasteiger partial charge in [0.1, 0.15) is 15.6 Å². The van der Waals surface area contributed by atoms with Crippen LogP contribution < -0.4 is 0 Å². The lowest BCUT2D eigenvalue weighted by Gasteiger charge is -2.07. The van der Waals surface area contributed by atoms with Crippen molar-refractivity contribution in [3.05, 3.63) is 0 Å². The Kier molecular flexibility index (Phi) is 7.58. The predicted octanol–water partition coefficient (Wildman–Crippen LogP) is 1.59. The lowest BCUT2D eigenvalue weighted by Crippen LogP contribution is -2.12. The number of Topliss-reactive ketones (excluding diaryl/α,β-unsaturated/α-hetero) is 1. The van der Waals surface area contributed by atoms with Gasteiger partial charge in [0.25, 0.3) is 0 Å². The maximum atomic E-state index is 11.4. The van der Waals surface area contributed by atoms with Crippen LogP contribution in [-0.2, 0) is 19.4 Å². The molecule has 0 saturated heterocycles. The number of ether oxygens (including phenoxy) is 1. The van der Waals surface area contributed by atoms with Crippen LogP contribution in [0.1, 0.15) is 39.5 Å². The van der Waals surface area contributed by atoms with E-state index in [2.05, 4.69) is 0 Å². The molecule has 0 N–H and O–H groups in total. The fourth-order valence-electron chi connectivity index (χ4n) is 1.24. The SMILES string of the molecule is CCS(=O)(=O)CCCC(=O)CCC(C)OC. The Hall–Kier alpha value is -0.420. The molecule has 0 saturated carbocycles. The van der Waals surface area contributed by atoms with Gasteiger partial charge in [0.15, 0.2) is 0 Å². The quantitative estimate of drug-likeness (QED) is 0.623. The van der Waals surface area contributed by atoms with E-state index in [1.165, 1.54) is 0 Å². The van der Waals surface area contributed by atoms with E-state index in [1.54, 1.807) is 14.0 Å². The fourth-order valence-corrected chi connectivity index (χ4v) is 2.11. The molecule has 0 aliphatic heterocycles. The zero-order valence-corrected chi connectivity index (χ0v) is 11.2. The molecule has 1 unspecified atom stereocenters. The molecule has 0 fully saturated rings. The van der Waals surface area contributed by atoms with Crippen LogP contribution >= 0.6 is 0 Å². The van der Waals surface area contributed by atoms with Crippen LogP contribution in [0.4, 0.5) is 0 Å². The maximum Gasteiger partial charge on any atom is 0.150 e. The standard InChI is InChI=1S/C11H22O4S/c1-4-16(13,14)9-5-6-11(12)8-7-10(2)15-3/h10H,4-9H2,1-3H3. The summed E-state index contributed by atoms with van der Waals surface area (Å²) in [6, 6.07) is 0. The zero-order valence-electron chi connectivity index (χ0n) is 10.4. The van der Waals surface area contributed by atoms with Gasteiger partial charge in [-0.1, -0.05) is 6.92 Å². The molecule has 0 radical (unpaired) electrons. The average molecular weight is 250 g/mol. The van der Waals surface area contributed by atoms with E-state index >= 15 is 0 Å². The van der Waals surface area contributed by atoms with Crippen LogP contribution in [0.3, 0.4) is 0 Å². The van der Waals surface area contributed by atoms with Crippen LogP contribution in [-0.4, -0.2) is 38.9 Å². The third-order valence-electron chi connectivity index (χ3n) is 2.58. The molecule has 1 atom stereocenters. The molecule has 16 heavy (non-hydrogen) atoms. The topological polar surface area (TPSA) is 60.4 Å². The molecule has 0 aliphatic carbocycles. The van der Waals surface area contributed by atoms with Gasteiger partial charge in [-0.3, -0.25) is 4.79 Å². The summed E-state index contributed by atoms with van der Waals surface area (Å²) in [7, 11) is -1.31. The summed E-state index contributed by atoms with van der Waals surface area (Å²) < 4.78 is 27.4. The summed E-state index contributed by atoms with van der Waals surface area (Å²) in [6.07, 6.45) is 2.06. The summed E-state index contributed by atoms with van der Waals surface area (Å²) >= 11 is 0. The third-order valence-corrected chi connectivity index (χ3v) is 4.37. The van der Waals surface area contributed by atoms with Gasteiger partial charge in [0, 0.05) is 25.7 Å². The molecule has 0 heterocycles. The molecule has 0 rings (SSSR count). The summed E-state index contributed by atoms with van der Waals surface area (Å²) in [6.45, 7) is 3.53. The van der Waals surface area contributed by atoms with E-state index in [9.17, 15) is 13.2 Å². The second-order valence-corrected chi connectivity index (χ2v) is 6.44. The summed E-state index contributed by atoms with van der Waals surface area (Å²) in [5.74, 6) is 0.395. The largest absolute Gasteiger partial charge is 0.382 e. The van der Waals surface area contributed by atoms with E-state index in [-0.39, 0.29) is 23.4 Å². The molecule has 5 heteroatoms. The van der Waals surface area contributed by atoms with Crippen molar-refractivity contribution in [2.75, 3.05) is 18.6 Å². The number of methoxy groups -OCH3 is 1. The number of carbonyl (C=O) groups excluding carboxylic acids is 1. The minimum atomic E-state index is -2.93. The minimum Gasteiger partial charge on any atom is -0.382 e. The normalized spacial score (nSPS) is 13.7. The molecule has 4 nitrogen and oxygen atoms in total. The molecular formula is C11H22O4S. The highest BCUT2D eigenvalue weighted by molar-refractivity contribution is 7.91. The van der Waals surface area contributed by atoms with E-state index in [4.69, 9.17) is 4.74 Å². The molecule has 0 aromatic carbocycles. The Labute approximate surface area is 98.3 Å². The Morgan fingerprint density at radius 2 is 1.94 bits per heavy atom. The molecule has 0 bridgehead atoms. The highest BCUT2D eigenvalue weighted by atomic mass is 32.2. The minimum absolute atomic E-state index is 0.0864. The van der Waals surface area contributed by atoms with Gasteiger partial charge < -0.3 is 4.74 Å². The zero-order chi connectivity index (χ0) is 12.6. The molecule has 0 amide bonds. The summed E-state index contributed by atoms with van der Waals surface area (Å²) in [5, 5.41) is 0. The monoisotopic (exact) mass is 250 g/mol. The summed E-state index contributed by atoms with van der Waals surface area (Å²) in [4.78, 5) is 11.4. The van der Waals surface area contributed by atoms with Crippen molar-refractivity contribution in [3.63, 3.8) is 0 Å². The number of sulfone groups is 1. The van der Waals surface area contributed by atoms with E-state index < -0.39 is 9.84 Å². The van der Waals surface area contributed by atoms with E-state index in [1.807, 2.05) is 6.92 Å². The van der Waals surface area contributed by atoms with Crippen molar-refractivity contribution in [1.82, 2.24) is 0 Å². The molecule has 96 valence electrons. The lowest BCUT2D eigenvalue weighted by atomic mass is 10.1. The highest BCUT2D eigenvalue weighted by Crippen LogP contribution is 2.05. The van der Waals surface area contributed by atoms with Crippen LogP contribution in [0.25, 0.3) is 0 Å². The Morgan fingerprint density at radius 3 is 2.44 bits per heavy atom. The third kappa shape index (κ3) is 7.82. The van der Waals surface area contributed by atoms with Gasteiger partial charge >= 0.3 is 0 Å². The first kappa shape index (κ1) is 15.6. The van der Waals surface area contributed by atoms with Gasteiger partial charge in [-0.2, -0.15) is 0 Å². The smallest absolute Gasteiger partial charge is 0.150 e. The molecule has 0 aromatic heterocycles. The van der Waals surface area contributed by atoms with E-state index in [0.717, 1.165) is 0 Å². The maximum absolute atomic E-state index is 11.4. The molecule has 0 aromatic rings. The van der Waals surface area contributed by atoms with Crippen LogP contribution in [0, 0.1) is 0 Å². The van der Waals surface area contributed by atoms with Crippen LogP contribution in [0.5, 0.6) is 0 Å². The second kappa shape index (κ2) is 7.79. The Balaban J connectivity index is 3.67. The van der Waals surface area contributed by atoms with Crippen molar-refractivity contribution in [1.29, 1.82) is 0 Å². The van der Waals surface area contributed by atoms with Gasteiger partial charge in [-0.05, 0) is 19.8 Å². The number of ketones is 1. The lowest BCUT2D eigenvalue weighted by molar-refractivity contribution is -0.119. The highest BCUT2D eigenvalue weighted by Gasteiger charge is 2.10. The first-order chi connectivity index (χ1) is 7.41. The van der Waals surface area contributed by atoms with Gasteiger partial charge in [-0.25, -0.2) is 8.42 Å². The van der Waals surface area contributed by atoms with Crippen molar-refractivity contribution in [2.45, 2.75) is 45.6 Å². The molecule has 0 spiro atoms. The Bertz CT molecular complexity index is 295. The first-order valence-electron chi connectivity index (χ1n) is 5.66. The summed E-state index contributed by atoms with van der Waals surface area (Å²) in [5.41, 5.74) is 0. The molecular weight excluding hydrogens is 228 g/mol. The number of rotatable bonds is 9. The van der Waals surface area contributed by atoms with E-state index in [0.29, 0.717) is 25.7 Å². The first-order valence-corrected chi connectivity index (χ1v) is 7.48. The van der Waals surface area contributed by atoms with Crippen LogP contribution in [0.15, 0.2) is 0 Å². The number of carbonyl (C=O) groups is 1. The second-order valence-electron chi connectivity index (χ2n) is 3.96. The van der Waals surface area contributed by atoms with Crippen molar-refractivity contribution < 1.29 is 17.9 Å². The number of hydrogen-bond acceptors (Lipinski definition) is 4. The molecule has 0 aliphatic rings. The van der Waals surface area contributed by atoms with Gasteiger partial charge in [-0.15, -0.1) is 0 Å². The number of hydrogen-bond donors (Lipinski definition) is 0. The van der Waals surface area contributed by atoms with Crippen LogP contribution in [0.2, 0.25) is 0 Å². The van der Waals surface area contributed by atoms with Crippen molar-refractivity contribution in [2.24, 2.45) is 0 Å². The average Bonchev–Trinajstić information content (AvgIpc) is 2.25. The Morgan fingerprint density at radius 1 is 1.31 bits per heavy atom. The van der Waals surface area contributed by atoms with Gasteiger partial charge in [0.2, 0.25) is 0 Å². The fraction of sp³-hybridized carbons (Fsp3) is 0.909. The predicted molar refractivity (Wildman–Crippen MR) is 64.3 cm³/mol. The van der Waals surface area contributed by atoms with Gasteiger partial charge in [0.05, 0.1) is 11.9 Å². The van der Waals surface area contributed by atoms with Crippen molar-refractivity contribution in [3.8, 4) is 0 Å². The van der Waals surface area contributed by atoms with Crippen molar-refractivity contribution >= 4 is 15.6 Å².